The van der Waals surface area contributed by atoms with E-state index >= 15 is 0 Å². The van der Waals surface area contributed by atoms with Gasteiger partial charge in [-0.25, -0.2) is 30.0 Å². The van der Waals surface area contributed by atoms with E-state index in [-0.39, 0.29) is 25.2 Å². The van der Waals surface area contributed by atoms with Crippen LogP contribution in [0.4, 0.5) is 11.6 Å². The van der Waals surface area contributed by atoms with E-state index in [0.29, 0.717) is 152 Å². The van der Waals surface area contributed by atoms with Gasteiger partial charge in [0.15, 0.2) is 23.3 Å². The number of benzene rings is 4. The zero-order chi connectivity index (χ0) is 46.6. The van der Waals surface area contributed by atoms with Crippen LogP contribution in [0.5, 0.6) is 23.0 Å². The fourth-order valence-electron chi connectivity index (χ4n) is 9.02. The second kappa shape index (κ2) is 18.1. The Kier molecular flexibility index (Phi) is 12.2. The van der Waals surface area contributed by atoms with E-state index in [2.05, 4.69) is 0 Å². The zero-order valence-electron chi connectivity index (χ0n) is 37.2. The van der Waals surface area contributed by atoms with Crippen molar-refractivity contribution in [2.24, 2.45) is 30.0 Å². The van der Waals surface area contributed by atoms with Crippen molar-refractivity contribution in [2.75, 3.05) is 38.8 Å². The highest BCUT2D eigenvalue weighted by Gasteiger charge is 2.47. The van der Waals surface area contributed by atoms with Crippen molar-refractivity contribution in [3.8, 4) is 23.0 Å². The van der Waals surface area contributed by atoms with Crippen molar-refractivity contribution in [3.05, 3.63) is 106 Å². The van der Waals surface area contributed by atoms with Crippen LogP contribution in [0.15, 0.2) is 103 Å². The summed E-state index contributed by atoms with van der Waals surface area (Å²) < 4.78 is 62.1. The molecule has 6 aromatic rings. The normalized spacial score (nSPS) is 15.4. The first kappa shape index (κ1) is 45.1. The van der Waals surface area contributed by atoms with E-state index in [1.54, 1.807) is 7.10 Å². The largest absolute Gasteiger partial charge is 0.816 e. The van der Waals surface area contributed by atoms with Crippen molar-refractivity contribution in [1.82, 2.24) is 7.10 Å². The van der Waals surface area contributed by atoms with Gasteiger partial charge in [-0.05, 0) is 64.8 Å². The average Bonchev–Trinajstić information content (AvgIpc) is 4.01. The number of hydrogen-bond donors (Lipinski definition) is 3. The Hall–Kier alpha value is -5.73. The summed E-state index contributed by atoms with van der Waals surface area (Å²) >= 11 is -3.85. The predicted octanol–water partition coefficient (Wildman–Crippen LogP) is 7.46. The molecule has 0 saturated carbocycles. The van der Waals surface area contributed by atoms with Crippen molar-refractivity contribution < 1.29 is 46.3 Å². The highest BCUT2D eigenvalue weighted by molar-refractivity contribution is 7.54. The number of rotatable bonds is 17. The molecule has 21 heteroatoms. The van der Waals surface area contributed by atoms with Crippen LogP contribution in [0.3, 0.4) is 0 Å². The van der Waals surface area contributed by atoms with Crippen LogP contribution < -0.4 is 29.9 Å². The standard InChI is InChI=1S/C40H32N8O4.C6H16O6P2.Al/c1-5-49-25-17-9-13-21-29(25)37-41-33(21)46-38-31-23(15-11-19-27(31)51-7-3)35(43-38)48-40-32-24(16-12-20-28(32)52-8-4)36(44-40)47-39-30-22(34(42-39)45-37)14-10-18-26(30)50-6-2;7-13(8,9)5-3-1-2-4-6-14(10,11)12;/h9-20H,5-8H2,1-4H3;1-6H2,(H2,7,8,9)(H2,10,11,12);/q-2;;+3/p-1. The SMILES string of the molecule is CCOc1cccc2c1C1=NC2=Nc2c3c(OCC)cccc3c3[n]2[Al]([O]P(=O)(O)CCCCCCP(=O)(O)O)[n]2c(c4cccc(OCC)c4c2=NC2=NC(=N3)c3c(OCC)cccc32)=N1. The van der Waals surface area contributed by atoms with Gasteiger partial charge in [0.1, 0.15) is 45.6 Å². The molecule has 0 aliphatic carbocycles. The molecule has 4 aliphatic heterocycles. The van der Waals surface area contributed by atoms with Gasteiger partial charge in [0.25, 0.3) is 0 Å². The van der Waals surface area contributed by atoms with Crippen LogP contribution in [-0.4, -0.2) is 98.8 Å². The van der Waals surface area contributed by atoms with Gasteiger partial charge in [-0.1, -0.05) is 61.4 Å². The number of ether oxygens (including phenoxy) is 4. The topological polar surface area (TPSA) is 225 Å². The summed E-state index contributed by atoms with van der Waals surface area (Å²) in [6.45, 7) is 8.97. The third-order valence-corrected chi connectivity index (χ3v) is 17.4. The number of aromatic nitrogens is 2. The fraction of sp³-hybridized carbons (Fsp3) is 0.304. The maximum Gasteiger partial charge on any atom is 0.816 e. The summed E-state index contributed by atoms with van der Waals surface area (Å²) in [5.41, 5.74) is 3.19. The minimum atomic E-state index is -4.56. The Morgan fingerprint density at radius 1 is 0.507 bits per heavy atom. The van der Waals surface area contributed by atoms with Crippen LogP contribution in [0, 0.1) is 0 Å². The number of nitrogens with zero attached hydrogens (tertiary/aromatic N) is 8. The number of hydrogen-bond acceptors (Lipinski definition) is 13. The highest BCUT2D eigenvalue weighted by Crippen LogP contribution is 2.50. The molecular weight excluding hydrogens is 913 g/mol. The monoisotopic (exact) mass is 960 g/mol. The van der Waals surface area contributed by atoms with Gasteiger partial charge in [-0.3, -0.25) is 9.13 Å². The minimum Gasteiger partial charge on any atom is -0.493 e. The maximum atomic E-state index is 14.9. The number of aliphatic imine (C=N–C) groups is 4. The quantitative estimate of drug-likeness (QED) is 0.0465. The molecule has 0 amide bonds. The summed E-state index contributed by atoms with van der Waals surface area (Å²) in [6.07, 6.45) is 0.899. The first-order valence-electron chi connectivity index (χ1n) is 22.4. The summed E-state index contributed by atoms with van der Waals surface area (Å²) in [7, 11) is -8.74. The Morgan fingerprint density at radius 3 is 1.63 bits per heavy atom. The third-order valence-electron chi connectivity index (χ3n) is 11.7. The summed E-state index contributed by atoms with van der Waals surface area (Å²) in [6, 6.07) is 22.5. The molecule has 67 heavy (non-hydrogen) atoms. The fourth-order valence-corrected chi connectivity index (χ4v) is 14.5. The van der Waals surface area contributed by atoms with Gasteiger partial charge in [0, 0.05) is 34.2 Å². The first-order valence-corrected chi connectivity index (χ1v) is 27.5. The summed E-state index contributed by atoms with van der Waals surface area (Å²) in [5, 5.41) is 2.32. The van der Waals surface area contributed by atoms with Crippen LogP contribution >= 0.6 is 15.2 Å². The molecule has 1 atom stereocenters. The molecule has 6 heterocycles. The van der Waals surface area contributed by atoms with E-state index in [9.17, 15) is 23.8 Å². The maximum absolute atomic E-state index is 14.9. The molecule has 3 N–H and O–H groups in total. The second-order valence-corrected chi connectivity index (χ2v) is 22.1. The van der Waals surface area contributed by atoms with Gasteiger partial charge in [0.2, 0.25) is 0 Å². The lowest BCUT2D eigenvalue weighted by Crippen LogP contribution is -2.48. The molecule has 344 valence electrons. The predicted molar refractivity (Wildman–Crippen MR) is 257 cm³/mol. The Morgan fingerprint density at radius 2 is 1.00 bits per heavy atom. The van der Waals surface area contributed by atoms with Crippen LogP contribution in [0.1, 0.15) is 75.6 Å². The Bertz CT molecular complexity index is 3380. The molecule has 0 saturated heterocycles. The van der Waals surface area contributed by atoms with E-state index in [4.69, 9.17) is 52.5 Å². The molecule has 10 rings (SSSR count). The number of fused-ring (bicyclic) bond motifs is 14. The van der Waals surface area contributed by atoms with Crippen molar-refractivity contribution in [1.29, 1.82) is 0 Å². The Labute approximate surface area is 389 Å². The zero-order valence-corrected chi connectivity index (χ0v) is 40.2. The van der Waals surface area contributed by atoms with Gasteiger partial charge >= 0.3 is 30.1 Å². The molecular formula is C46H47AlN8O10P2. The van der Waals surface area contributed by atoms with Gasteiger partial charge < -0.3 is 44.3 Å². The number of amidine groups is 4. The highest BCUT2D eigenvalue weighted by atomic mass is 31.2. The van der Waals surface area contributed by atoms with E-state index in [1.807, 2.05) is 100 Å². The molecule has 0 spiro atoms. The Balaban J connectivity index is 1.36. The third kappa shape index (κ3) is 8.17. The summed E-state index contributed by atoms with van der Waals surface area (Å²) in [5.74, 6) is 3.95. The molecule has 0 radical (unpaired) electrons. The lowest BCUT2D eigenvalue weighted by Gasteiger charge is -2.22. The van der Waals surface area contributed by atoms with Gasteiger partial charge in [-0.15, -0.1) is 0 Å². The van der Waals surface area contributed by atoms with Crippen LogP contribution in [0.2, 0.25) is 0 Å². The van der Waals surface area contributed by atoms with Crippen molar-refractivity contribution >= 4 is 86.6 Å². The lowest BCUT2D eigenvalue weighted by molar-refractivity contribution is 0.339. The van der Waals surface area contributed by atoms with E-state index in [1.165, 1.54) is 0 Å². The molecule has 6 bridgehead atoms. The lowest BCUT2D eigenvalue weighted by atomic mass is 10.1. The molecule has 4 aromatic carbocycles. The molecule has 4 aliphatic rings. The van der Waals surface area contributed by atoms with E-state index in [0.717, 1.165) is 0 Å². The molecule has 18 nitrogen and oxygen atoms in total. The van der Waals surface area contributed by atoms with E-state index < -0.39 is 30.1 Å². The van der Waals surface area contributed by atoms with Gasteiger partial charge in [0.05, 0.1) is 48.3 Å². The first-order chi connectivity index (χ1) is 32.4. The molecule has 2 aromatic heterocycles. The van der Waals surface area contributed by atoms with Crippen molar-refractivity contribution in [2.45, 2.75) is 53.4 Å². The smallest absolute Gasteiger partial charge is 0.493 e. The van der Waals surface area contributed by atoms with Crippen LogP contribution in [-0.2, 0) is 12.7 Å². The van der Waals surface area contributed by atoms with Crippen LogP contribution in [0.25, 0.3) is 21.5 Å². The minimum absolute atomic E-state index is 0.248. The molecule has 0 fully saturated rings. The molecule has 1 unspecified atom stereocenters. The van der Waals surface area contributed by atoms with Gasteiger partial charge in [-0.2, -0.15) is 0 Å². The average molecular weight is 961 g/mol. The second-order valence-electron chi connectivity index (χ2n) is 16.0. The number of unbranched alkanes of at least 4 members (excludes halogenated alkanes) is 3. The van der Waals surface area contributed by atoms with Crippen molar-refractivity contribution in [3.63, 3.8) is 0 Å². The summed E-state index contributed by atoms with van der Waals surface area (Å²) in [4.78, 5) is 62.8.